The highest BCUT2D eigenvalue weighted by molar-refractivity contribution is 6.28. The zero-order valence-corrected chi connectivity index (χ0v) is 13.7. The lowest BCUT2D eigenvalue weighted by Crippen LogP contribution is -2.04. The van der Waals surface area contributed by atoms with E-state index in [9.17, 15) is 4.39 Å². The maximum absolute atomic E-state index is 13.0. The molecule has 0 aliphatic rings. The van der Waals surface area contributed by atoms with Crippen LogP contribution in [0.25, 0.3) is 11.0 Å². The first kappa shape index (κ1) is 15.7. The normalized spacial score (nSPS) is 11.1. The van der Waals surface area contributed by atoms with Crippen LogP contribution >= 0.6 is 11.6 Å². The molecule has 0 saturated heterocycles. The molecule has 0 amide bonds. The molecule has 0 atom stereocenters. The van der Waals surface area contributed by atoms with Gasteiger partial charge < -0.3 is 5.32 Å². The summed E-state index contributed by atoms with van der Waals surface area (Å²) in [7, 11) is 1.84. The van der Waals surface area contributed by atoms with Crippen LogP contribution in [0.4, 0.5) is 10.2 Å². The molecule has 3 aromatic rings. The Balaban J connectivity index is 1.96. The van der Waals surface area contributed by atoms with Crippen LogP contribution in [0.2, 0.25) is 5.28 Å². The Morgan fingerprint density at radius 2 is 1.96 bits per heavy atom. The van der Waals surface area contributed by atoms with Crippen molar-refractivity contribution < 1.29 is 4.39 Å². The topological polar surface area (TPSA) is 55.6 Å². The van der Waals surface area contributed by atoms with Crippen LogP contribution in [-0.4, -0.2) is 19.7 Å². The Labute approximate surface area is 138 Å². The zero-order valence-electron chi connectivity index (χ0n) is 13.0. The molecular formula is C16H17ClFN5. The number of aromatic nitrogens is 4. The first-order chi connectivity index (χ1) is 11.1. The smallest absolute Gasteiger partial charge is 0.226 e. The minimum atomic E-state index is -0.251. The van der Waals surface area contributed by atoms with Crippen molar-refractivity contribution in [2.45, 2.75) is 26.3 Å². The highest BCUT2D eigenvalue weighted by Gasteiger charge is 2.16. The van der Waals surface area contributed by atoms with Crippen LogP contribution in [0.1, 0.15) is 24.6 Å². The van der Waals surface area contributed by atoms with Gasteiger partial charge in [0.25, 0.3) is 0 Å². The van der Waals surface area contributed by atoms with Crippen molar-refractivity contribution in [2.75, 3.05) is 5.32 Å². The minimum Gasteiger partial charge on any atom is -0.365 e. The summed E-state index contributed by atoms with van der Waals surface area (Å²) >= 11 is 6.03. The van der Waals surface area contributed by atoms with Gasteiger partial charge in [-0.05, 0) is 35.7 Å². The van der Waals surface area contributed by atoms with Gasteiger partial charge in [0.1, 0.15) is 11.6 Å². The molecule has 23 heavy (non-hydrogen) atoms. The number of rotatable bonds is 5. The number of nitrogens with one attached hydrogen (secondary N) is 1. The first-order valence-electron chi connectivity index (χ1n) is 7.46. The van der Waals surface area contributed by atoms with Gasteiger partial charge in [-0.15, -0.1) is 0 Å². The van der Waals surface area contributed by atoms with E-state index in [-0.39, 0.29) is 11.1 Å². The van der Waals surface area contributed by atoms with Crippen molar-refractivity contribution in [3.05, 3.63) is 46.6 Å². The maximum Gasteiger partial charge on any atom is 0.226 e. The van der Waals surface area contributed by atoms with E-state index in [0.717, 1.165) is 29.5 Å². The Bertz CT molecular complexity index is 829. The molecule has 1 N–H and O–H groups in total. The third kappa shape index (κ3) is 3.27. The van der Waals surface area contributed by atoms with Crippen LogP contribution in [-0.2, 0) is 20.0 Å². The quantitative estimate of drug-likeness (QED) is 0.723. The number of fused-ring (bicyclic) bond motifs is 1. The molecule has 0 bridgehead atoms. The van der Waals surface area contributed by atoms with E-state index in [1.165, 1.54) is 12.1 Å². The highest BCUT2D eigenvalue weighted by Crippen LogP contribution is 2.26. The third-order valence-corrected chi connectivity index (χ3v) is 3.76. The lowest BCUT2D eigenvalue weighted by Gasteiger charge is -2.08. The molecule has 3 rings (SSSR count). The second kappa shape index (κ2) is 6.50. The fourth-order valence-corrected chi connectivity index (χ4v) is 2.69. The number of hydrogen-bond acceptors (Lipinski definition) is 4. The predicted octanol–water partition coefficient (Wildman–Crippen LogP) is 3.72. The van der Waals surface area contributed by atoms with Gasteiger partial charge in [0, 0.05) is 13.6 Å². The van der Waals surface area contributed by atoms with E-state index in [1.54, 1.807) is 16.8 Å². The van der Waals surface area contributed by atoms with Crippen molar-refractivity contribution in [1.82, 2.24) is 19.7 Å². The Hall–Kier alpha value is -2.21. The summed E-state index contributed by atoms with van der Waals surface area (Å²) in [6.07, 6.45) is 1.82. The lowest BCUT2D eigenvalue weighted by molar-refractivity contribution is 0.627. The number of benzene rings is 1. The molecule has 7 heteroatoms. The molecule has 0 saturated carbocycles. The Morgan fingerprint density at radius 1 is 1.22 bits per heavy atom. The summed E-state index contributed by atoms with van der Waals surface area (Å²) in [6, 6.07) is 6.34. The summed E-state index contributed by atoms with van der Waals surface area (Å²) in [5.74, 6) is 0.402. The molecule has 1 aromatic carbocycles. The van der Waals surface area contributed by atoms with E-state index in [2.05, 4.69) is 27.3 Å². The molecule has 0 radical (unpaired) electrons. The van der Waals surface area contributed by atoms with Gasteiger partial charge in [-0.2, -0.15) is 15.1 Å². The lowest BCUT2D eigenvalue weighted by atomic mass is 10.2. The van der Waals surface area contributed by atoms with E-state index in [0.29, 0.717) is 18.0 Å². The molecule has 2 heterocycles. The van der Waals surface area contributed by atoms with Crippen LogP contribution in [0.15, 0.2) is 24.3 Å². The average Bonchev–Trinajstić information content (AvgIpc) is 2.83. The summed E-state index contributed by atoms with van der Waals surface area (Å²) < 4.78 is 14.7. The van der Waals surface area contributed by atoms with Gasteiger partial charge >= 0.3 is 0 Å². The summed E-state index contributed by atoms with van der Waals surface area (Å²) in [5, 5.41) is 8.84. The van der Waals surface area contributed by atoms with Crippen molar-refractivity contribution in [1.29, 1.82) is 0 Å². The second-order valence-electron chi connectivity index (χ2n) is 5.34. The van der Waals surface area contributed by atoms with Gasteiger partial charge in [-0.1, -0.05) is 25.5 Å². The van der Waals surface area contributed by atoms with Crippen LogP contribution in [0.5, 0.6) is 0 Å². The predicted molar refractivity (Wildman–Crippen MR) is 89.0 cm³/mol. The number of anilines is 1. The number of halogens is 2. The molecule has 0 aliphatic carbocycles. The Kier molecular flexibility index (Phi) is 4.43. The standard InChI is InChI=1S/C16H17ClFN5/c1-3-4-12-13-14(19-9-10-5-7-11(18)8-6-10)20-16(17)21-15(13)23(2)22-12/h5-8H,3-4,9H2,1-2H3,(H,19,20,21). The van der Waals surface area contributed by atoms with Gasteiger partial charge in [0.05, 0.1) is 11.1 Å². The van der Waals surface area contributed by atoms with Crippen molar-refractivity contribution in [3.63, 3.8) is 0 Å². The highest BCUT2D eigenvalue weighted by atomic mass is 35.5. The van der Waals surface area contributed by atoms with Crippen molar-refractivity contribution in [2.24, 2.45) is 7.05 Å². The van der Waals surface area contributed by atoms with Gasteiger partial charge in [-0.25, -0.2) is 9.07 Å². The fraction of sp³-hybridized carbons (Fsp3) is 0.312. The molecule has 120 valence electrons. The number of hydrogen-bond donors (Lipinski definition) is 1. The van der Waals surface area contributed by atoms with Crippen LogP contribution < -0.4 is 5.32 Å². The minimum absolute atomic E-state index is 0.171. The summed E-state index contributed by atoms with van der Waals surface area (Å²) in [5.41, 5.74) is 2.61. The van der Waals surface area contributed by atoms with E-state index >= 15 is 0 Å². The average molecular weight is 334 g/mol. The van der Waals surface area contributed by atoms with Crippen LogP contribution in [0.3, 0.4) is 0 Å². The first-order valence-corrected chi connectivity index (χ1v) is 7.83. The molecule has 2 aromatic heterocycles. The van der Waals surface area contributed by atoms with Crippen molar-refractivity contribution in [3.8, 4) is 0 Å². The number of nitrogens with zero attached hydrogens (tertiary/aromatic N) is 4. The molecule has 0 unspecified atom stereocenters. The molecule has 0 aliphatic heterocycles. The van der Waals surface area contributed by atoms with Gasteiger partial charge in [0.15, 0.2) is 5.65 Å². The zero-order chi connectivity index (χ0) is 16.4. The monoisotopic (exact) mass is 333 g/mol. The van der Waals surface area contributed by atoms with E-state index in [4.69, 9.17) is 11.6 Å². The summed E-state index contributed by atoms with van der Waals surface area (Å²) in [6.45, 7) is 2.62. The summed E-state index contributed by atoms with van der Waals surface area (Å²) in [4.78, 5) is 8.58. The molecule has 5 nitrogen and oxygen atoms in total. The third-order valence-electron chi connectivity index (χ3n) is 3.59. The van der Waals surface area contributed by atoms with Gasteiger partial charge in [-0.3, -0.25) is 0 Å². The second-order valence-corrected chi connectivity index (χ2v) is 5.68. The molecule has 0 fully saturated rings. The fourth-order valence-electron chi connectivity index (χ4n) is 2.53. The van der Waals surface area contributed by atoms with E-state index < -0.39 is 0 Å². The van der Waals surface area contributed by atoms with Gasteiger partial charge in [0.2, 0.25) is 5.28 Å². The molecular weight excluding hydrogens is 317 g/mol. The molecule has 0 spiro atoms. The van der Waals surface area contributed by atoms with Crippen LogP contribution in [0, 0.1) is 5.82 Å². The van der Waals surface area contributed by atoms with E-state index in [1.807, 2.05) is 7.05 Å². The SMILES string of the molecule is CCCc1nn(C)c2nc(Cl)nc(NCc3ccc(F)cc3)c12. The number of aryl methyl sites for hydroxylation is 2. The maximum atomic E-state index is 13.0. The Morgan fingerprint density at radius 3 is 2.65 bits per heavy atom. The van der Waals surface area contributed by atoms with Crippen molar-refractivity contribution >= 4 is 28.5 Å². The largest absolute Gasteiger partial charge is 0.365 e.